The summed E-state index contributed by atoms with van der Waals surface area (Å²) in [6.07, 6.45) is 0. The second-order valence-corrected chi connectivity index (χ2v) is 4.48. The van der Waals surface area contributed by atoms with Crippen molar-refractivity contribution in [2.45, 2.75) is 40.7 Å². The normalized spacial score (nSPS) is 13.0. The summed E-state index contributed by atoms with van der Waals surface area (Å²) >= 11 is 0. The fourth-order valence-corrected chi connectivity index (χ4v) is 1.26. The predicted octanol–water partition coefficient (Wildman–Crippen LogP) is 1.60. The molecule has 15 heavy (non-hydrogen) atoms. The van der Waals surface area contributed by atoms with Gasteiger partial charge in [0.1, 0.15) is 0 Å². The van der Waals surface area contributed by atoms with Gasteiger partial charge in [-0.25, -0.2) is 0 Å². The van der Waals surface area contributed by atoms with E-state index in [4.69, 9.17) is 5.11 Å². The summed E-state index contributed by atoms with van der Waals surface area (Å²) in [5, 5.41) is 8.80. The first-order valence-electron chi connectivity index (χ1n) is 5.30. The Labute approximate surface area is 91.3 Å². The molecular weight excluding hydrogens is 194 g/mol. The number of nitrogens with zero attached hydrogens (tertiary/aromatic N) is 1. The Kier molecular flexibility index (Phi) is 5.33. The van der Waals surface area contributed by atoms with Crippen molar-refractivity contribution in [1.29, 1.82) is 0 Å². The Hall–Kier alpha value is -1.06. The largest absolute Gasteiger partial charge is 0.481 e. The Bertz CT molecular complexity index is 236. The highest BCUT2D eigenvalue weighted by Crippen LogP contribution is 2.10. The molecule has 0 saturated carbocycles. The number of carboxylic acid groups (broad SMARTS) is 1. The molecule has 0 aliphatic rings. The van der Waals surface area contributed by atoms with Crippen LogP contribution in [-0.4, -0.2) is 34.5 Å². The second kappa shape index (κ2) is 5.73. The van der Waals surface area contributed by atoms with Crippen LogP contribution >= 0.6 is 0 Å². The summed E-state index contributed by atoms with van der Waals surface area (Å²) in [6.45, 7) is 9.34. The number of carboxylic acids is 1. The third-order valence-corrected chi connectivity index (χ3v) is 2.29. The molecule has 4 nitrogen and oxygen atoms in total. The highest BCUT2D eigenvalue weighted by Gasteiger charge is 2.24. The summed E-state index contributed by atoms with van der Waals surface area (Å²) in [6, 6.07) is 0.0432. The third kappa shape index (κ3) is 4.32. The molecule has 0 aromatic carbocycles. The third-order valence-electron chi connectivity index (χ3n) is 2.29. The lowest BCUT2D eigenvalue weighted by Gasteiger charge is -2.29. The molecule has 1 atom stereocenters. The Morgan fingerprint density at radius 2 is 1.60 bits per heavy atom. The first-order chi connectivity index (χ1) is 6.77. The van der Waals surface area contributed by atoms with Crippen LogP contribution in [0.5, 0.6) is 0 Å². The molecule has 0 radical (unpaired) electrons. The van der Waals surface area contributed by atoms with Crippen LogP contribution in [0.2, 0.25) is 0 Å². The Morgan fingerprint density at radius 1 is 1.13 bits per heavy atom. The maximum Gasteiger partial charge on any atom is 0.308 e. The molecule has 0 rings (SSSR count). The van der Waals surface area contributed by atoms with Crippen molar-refractivity contribution in [3.05, 3.63) is 0 Å². The first-order valence-corrected chi connectivity index (χ1v) is 5.30. The van der Waals surface area contributed by atoms with Crippen LogP contribution in [0.25, 0.3) is 0 Å². The Morgan fingerprint density at radius 3 is 1.87 bits per heavy atom. The van der Waals surface area contributed by atoms with Crippen LogP contribution in [-0.2, 0) is 9.59 Å². The molecule has 0 bridgehead atoms. The monoisotopic (exact) mass is 215 g/mol. The van der Waals surface area contributed by atoms with Gasteiger partial charge in [0, 0.05) is 18.5 Å². The van der Waals surface area contributed by atoms with Gasteiger partial charge in [-0.1, -0.05) is 20.8 Å². The lowest BCUT2D eigenvalue weighted by atomic mass is 10.1. The van der Waals surface area contributed by atoms with E-state index in [2.05, 4.69) is 0 Å². The summed E-state index contributed by atoms with van der Waals surface area (Å²) < 4.78 is 0. The van der Waals surface area contributed by atoms with Gasteiger partial charge in [0.2, 0.25) is 5.91 Å². The van der Waals surface area contributed by atoms with Gasteiger partial charge >= 0.3 is 5.97 Å². The average Bonchev–Trinajstić information content (AvgIpc) is 2.11. The summed E-state index contributed by atoms with van der Waals surface area (Å²) in [5.74, 6) is -1.46. The zero-order chi connectivity index (χ0) is 12.2. The molecule has 0 heterocycles. The SMILES string of the molecule is CC(C)C(=O)N(CC(C)C(=O)O)C(C)C. The van der Waals surface area contributed by atoms with E-state index in [1.807, 2.05) is 27.7 Å². The molecule has 0 aliphatic carbocycles. The zero-order valence-corrected chi connectivity index (χ0v) is 10.2. The number of aliphatic carboxylic acids is 1. The number of carbonyl (C=O) groups is 2. The average molecular weight is 215 g/mol. The molecule has 1 amide bonds. The van der Waals surface area contributed by atoms with Gasteiger partial charge < -0.3 is 10.0 Å². The van der Waals surface area contributed by atoms with E-state index in [0.29, 0.717) is 0 Å². The van der Waals surface area contributed by atoms with Crippen LogP contribution < -0.4 is 0 Å². The minimum atomic E-state index is -0.864. The standard InChI is InChI=1S/C11H21NO3/c1-7(2)10(13)12(8(3)4)6-9(5)11(14)15/h7-9H,6H2,1-5H3,(H,14,15). The van der Waals surface area contributed by atoms with E-state index in [9.17, 15) is 9.59 Å². The number of amides is 1. The van der Waals surface area contributed by atoms with E-state index in [1.165, 1.54) is 0 Å². The van der Waals surface area contributed by atoms with E-state index < -0.39 is 11.9 Å². The predicted molar refractivity (Wildman–Crippen MR) is 58.5 cm³/mol. The quantitative estimate of drug-likeness (QED) is 0.757. The van der Waals surface area contributed by atoms with E-state index >= 15 is 0 Å². The van der Waals surface area contributed by atoms with E-state index in [1.54, 1.807) is 11.8 Å². The minimum absolute atomic E-state index is 0.0121. The molecular formula is C11H21NO3. The topological polar surface area (TPSA) is 57.6 Å². The van der Waals surface area contributed by atoms with Crippen molar-refractivity contribution in [3.8, 4) is 0 Å². The van der Waals surface area contributed by atoms with Gasteiger partial charge in [0.15, 0.2) is 0 Å². The number of hydrogen-bond acceptors (Lipinski definition) is 2. The van der Waals surface area contributed by atoms with Crippen molar-refractivity contribution < 1.29 is 14.7 Å². The Balaban J connectivity index is 4.55. The molecule has 0 aromatic heterocycles. The van der Waals surface area contributed by atoms with Gasteiger partial charge in [-0.3, -0.25) is 9.59 Å². The van der Waals surface area contributed by atoms with Crippen molar-refractivity contribution in [2.75, 3.05) is 6.54 Å². The minimum Gasteiger partial charge on any atom is -0.481 e. The molecule has 0 aliphatic heterocycles. The molecule has 1 unspecified atom stereocenters. The molecule has 0 aromatic rings. The number of carbonyl (C=O) groups excluding carboxylic acids is 1. The van der Waals surface area contributed by atoms with Gasteiger partial charge in [-0.05, 0) is 13.8 Å². The first kappa shape index (κ1) is 13.9. The van der Waals surface area contributed by atoms with Crippen molar-refractivity contribution >= 4 is 11.9 Å². The van der Waals surface area contributed by atoms with Crippen LogP contribution in [0.15, 0.2) is 0 Å². The highest BCUT2D eigenvalue weighted by molar-refractivity contribution is 5.79. The van der Waals surface area contributed by atoms with Gasteiger partial charge in [-0.15, -0.1) is 0 Å². The van der Waals surface area contributed by atoms with Gasteiger partial charge in [-0.2, -0.15) is 0 Å². The van der Waals surface area contributed by atoms with Crippen LogP contribution in [0, 0.1) is 11.8 Å². The lowest BCUT2D eigenvalue weighted by molar-refractivity contribution is -0.144. The molecule has 0 fully saturated rings. The molecule has 0 saturated heterocycles. The maximum absolute atomic E-state index is 11.8. The molecule has 88 valence electrons. The van der Waals surface area contributed by atoms with Crippen molar-refractivity contribution in [1.82, 2.24) is 4.90 Å². The smallest absolute Gasteiger partial charge is 0.308 e. The van der Waals surface area contributed by atoms with Crippen molar-refractivity contribution in [2.24, 2.45) is 11.8 Å². The fraction of sp³-hybridized carbons (Fsp3) is 0.818. The molecule has 1 N–H and O–H groups in total. The van der Waals surface area contributed by atoms with Crippen LogP contribution in [0.4, 0.5) is 0 Å². The van der Waals surface area contributed by atoms with Crippen LogP contribution in [0.3, 0.4) is 0 Å². The lowest BCUT2D eigenvalue weighted by Crippen LogP contribution is -2.43. The second-order valence-electron chi connectivity index (χ2n) is 4.48. The summed E-state index contributed by atoms with van der Waals surface area (Å²) in [7, 11) is 0. The molecule has 0 spiro atoms. The molecule has 4 heteroatoms. The number of rotatable bonds is 5. The van der Waals surface area contributed by atoms with E-state index in [-0.39, 0.29) is 24.4 Å². The van der Waals surface area contributed by atoms with Crippen LogP contribution in [0.1, 0.15) is 34.6 Å². The summed E-state index contributed by atoms with van der Waals surface area (Å²) in [5.41, 5.74) is 0. The maximum atomic E-state index is 11.8. The fourth-order valence-electron chi connectivity index (χ4n) is 1.26. The number of hydrogen-bond donors (Lipinski definition) is 1. The zero-order valence-electron chi connectivity index (χ0n) is 10.2. The highest BCUT2D eigenvalue weighted by atomic mass is 16.4. The van der Waals surface area contributed by atoms with Gasteiger partial charge in [0.05, 0.1) is 5.92 Å². The van der Waals surface area contributed by atoms with Crippen molar-refractivity contribution in [3.63, 3.8) is 0 Å². The van der Waals surface area contributed by atoms with E-state index in [0.717, 1.165) is 0 Å². The van der Waals surface area contributed by atoms with Gasteiger partial charge in [0.25, 0.3) is 0 Å². The summed E-state index contributed by atoms with van der Waals surface area (Å²) in [4.78, 5) is 24.1.